The van der Waals surface area contributed by atoms with E-state index in [1.807, 2.05) is 6.07 Å². The highest BCUT2D eigenvalue weighted by molar-refractivity contribution is 9.10. The molecule has 0 N–H and O–H groups in total. The van der Waals surface area contributed by atoms with Crippen molar-refractivity contribution in [3.63, 3.8) is 0 Å². The summed E-state index contributed by atoms with van der Waals surface area (Å²) in [5.41, 5.74) is 0.948. The summed E-state index contributed by atoms with van der Waals surface area (Å²) in [5, 5.41) is 9.11. The van der Waals surface area contributed by atoms with Crippen LogP contribution in [0.4, 0.5) is 4.39 Å². The minimum atomic E-state index is -0.595. The Bertz CT molecular complexity index is 480. The van der Waals surface area contributed by atoms with Crippen LogP contribution in [0.5, 0.6) is 0 Å². The van der Waals surface area contributed by atoms with Gasteiger partial charge in [-0.2, -0.15) is 5.26 Å². The molecular weight excluding hydrogens is 308 g/mol. The number of nitriles is 1. The molecule has 2 nitrogen and oxygen atoms in total. The predicted molar refractivity (Wildman–Crippen MR) is 66.4 cm³/mol. The van der Waals surface area contributed by atoms with E-state index >= 15 is 0 Å². The van der Waals surface area contributed by atoms with Gasteiger partial charge in [-0.15, -0.1) is 0 Å². The van der Waals surface area contributed by atoms with Crippen molar-refractivity contribution >= 4 is 27.5 Å². The number of nitrogens with zero attached hydrogens (tertiary/aromatic N) is 1. The molecule has 1 heterocycles. The second kappa shape index (κ2) is 5.34. The number of benzene rings is 1. The lowest BCUT2D eigenvalue weighted by Gasteiger charge is -2.24. The van der Waals surface area contributed by atoms with E-state index < -0.39 is 5.82 Å². The van der Waals surface area contributed by atoms with Crippen molar-refractivity contribution in [1.82, 2.24) is 0 Å². The van der Waals surface area contributed by atoms with E-state index in [-0.39, 0.29) is 21.2 Å². The third-order valence-corrected chi connectivity index (χ3v) is 3.85. The van der Waals surface area contributed by atoms with Gasteiger partial charge in [0.15, 0.2) is 5.82 Å². The Morgan fingerprint density at radius 2 is 2.29 bits per heavy atom. The van der Waals surface area contributed by atoms with E-state index in [0.717, 1.165) is 19.3 Å². The maximum Gasteiger partial charge on any atom is 0.157 e. The lowest BCUT2D eigenvalue weighted by Crippen LogP contribution is -2.13. The molecule has 0 spiro atoms. The van der Waals surface area contributed by atoms with Gasteiger partial charge in [0.05, 0.1) is 21.2 Å². The fourth-order valence-electron chi connectivity index (χ4n) is 1.97. The van der Waals surface area contributed by atoms with Gasteiger partial charge in [0, 0.05) is 12.2 Å². The molecule has 0 aromatic heterocycles. The molecule has 90 valence electrons. The van der Waals surface area contributed by atoms with Gasteiger partial charge in [0.2, 0.25) is 0 Å². The third-order valence-electron chi connectivity index (χ3n) is 2.83. The third kappa shape index (κ3) is 2.47. The van der Waals surface area contributed by atoms with E-state index in [2.05, 4.69) is 15.9 Å². The topological polar surface area (TPSA) is 33.0 Å². The van der Waals surface area contributed by atoms with Crippen molar-refractivity contribution in [2.45, 2.75) is 25.4 Å². The minimum Gasteiger partial charge on any atom is -0.373 e. The minimum absolute atomic E-state index is 0.0139. The molecule has 0 saturated carbocycles. The molecule has 1 atom stereocenters. The van der Waals surface area contributed by atoms with Crippen LogP contribution in [-0.2, 0) is 4.74 Å². The molecule has 0 radical (unpaired) electrons. The highest BCUT2D eigenvalue weighted by atomic mass is 79.9. The van der Waals surface area contributed by atoms with Gasteiger partial charge in [-0.05, 0) is 41.3 Å². The SMILES string of the molecule is N#Cc1c(C2CCCCO2)cc(Cl)c(F)c1Br. The zero-order valence-corrected chi connectivity index (χ0v) is 11.3. The monoisotopic (exact) mass is 317 g/mol. The van der Waals surface area contributed by atoms with Crippen molar-refractivity contribution in [3.8, 4) is 6.07 Å². The lowest BCUT2D eigenvalue weighted by atomic mass is 9.97. The summed E-state index contributed by atoms with van der Waals surface area (Å²) in [5.74, 6) is -0.595. The molecule has 0 bridgehead atoms. The summed E-state index contributed by atoms with van der Waals surface area (Å²) in [6, 6.07) is 3.50. The van der Waals surface area contributed by atoms with Gasteiger partial charge in [-0.1, -0.05) is 11.6 Å². The normalized spacial score (nSPS) is 20.0. The van der Waals surface area contributed by atoms with Gasteiger partial charge >= 0.3 is 0 Å². The maximum atomic E-state index is 13.6. The number of ether oxygens (including phenoxy) is 1. The average molecular weight is 319 g/mol. The summed E-state index contributed by atoms with van der Waals surface area (Å²) >= 11 is 8.87. The standard InChI is InChI=1S/C12H10BrClFNO/c13-11-8(6-16)7(5-9(14)12(11)15)10-3-1-2-4-17-10/h5,10H,1-4H2. The summed E-state index contributed by atoms with van der Waals surface area (Å²) in [6.45, 7) is 0.669. The van der Waals surface area contributed by atoms with Crippen molar-refractivity contribution in [2.75, 3.05) is 6.61 Å². The van der Waals surface area contributed by atoms with Crippen LogP contribution >= 0.6 is 27.5 Å². The first kappa shape index (κ1) is 12.8. The Morgan fingerprint density at radius 3 is 2.88 bits per heavy atom. The molecule has 1 aliphatic heterocycles. The van der Waals surface area contributed by atoms with Crippen molar-refractivity contribution in [2.24, 2.45) is 0 Å². The van der Waals surface area contributed by atoms with Gasteiger partial charge in [0.1, 0.15) is 6.07 Å². The molecular formula is C12H10BrClFNO. The highest BCUT2D eigenvalue weighted by Gasteiger charge is 2.23. The number of rotatable bonds is 1. The molecule has 1 aromatic carbocycles. The number of hydrogen-bond donors (Lipinski definition) is 0. The van der Waals surface area contributed by atoms with Crippen molar-refractivity contribution < 1.29 is 9.13 Å². The zero-order valence-electron chi connectivity index (χ0n) is 8.97. The quantitative estimate of drug-likeness (QED) is 0.721. The Kier molecular flexibility index (Phi) is 4.03. The molecule has 1 fully saturated rings. The lowest BCUT2D eigenvalue weighted by molar-refractivity contribution is 0.0147. The number of halogens is 3. The van der Waals surface area contributed by atoms with Crippen molar-refractivity contribution in [1.29, 1.82) is 5.26 Å². The van der Waals surface area contributed by atoms with Crippen LogP contribution in [0.1, 0.15) is 36.5 Å². The van der Waals surface area contributed by atoms with Gasteiger partial charge < -0.3 is 4.74 Å². The van der Waals surface area contributed by atoms with Crippen molar-refractivity contribution in [3.05, 3.63) is 32.5 Å². The second-order valence-corrected chi connectivity index (χ2v) is 5.12. The Morgan fingerprint density at radius 1 is 1.53 bits per heavy atom. The number of hydrogen-bond acceptors (Lipinski definition) is 2. The van der Waals surface area contributed by atoms with E-state index in [9.17, 15) is 4.39 Å². The largest absolute Gasteiger partial charge is 0.373 e. The second-order valence-electron chi connectivity index (χ2n) is 3.92. The van der Waals surface area contributed by atoms with Crippen LogP contribution in [0.25, 0.3) is 0 Å². The fraction of sp³-hybridized carbons (Fsp3) is 0.417. The van der Waals surface area contributed by atoms with E-state index in [1.54, 1.807) is 0 Å². The molecule has 1 aromatic rings. The van der Waals surface area contributed by atoms with E-state index in [4.69, 9.17) is 21.6 Å². The molecule has 1 aliphatic rings. The van der Waals surface area contributed by atoms with E-state index in [0.29, 0.717) is 12.2 Å². The zero-order chi connectivity index (χ0) is 12.4. The van der Waals surface area contributed by atoms with E-state index in [1.165, 1.54) is 6.07 Å². The Labute approximate surface area is 112 Å². The van der Waals surface area contributed by atoms with Gasteiger partial charge in [-0.25, -0.2) is 4.39 Å². The molecule has 5 heteroatoms. The van der Waals surface area contributed by atoms with Crippen LogP contribution < -0.4 is 0 Å². The molecule has 17 heavy (non-hydrogen) atoms. The molecule has 1 unspecified atom stereocenters. The van der Waals surface area contributed by atoms with Gasteiger partial charge in [0.25, 0.3) is 0 Å². The molecule has 2 rings (SSSR count). The molecule has 0 amide bonds. The summed E-state index contributed by atoms with van der Waals surface area (Å²) in [6.07, 6.45) is 2.74. The Balaban J connectivity index is 2.49. The van der Waals surface area contributed by atoms with Gasteiger partial charge in [-0.3, -0.25) is 0 Å². The maximum absolute atomic E-state index is 13.6. The molecule has 0 aliphatic carbocycles. The first-order valence-corrected chi connectivity index (χ1v) is 6.51. The summed E-state index contributed by atoms with van der Waals surface area (Å²) < 4.78 is 19.3. The van der Waals surface area contributed by atoms with Crippen LogP contribution in [0.15, 0.2) is 10.5 Å². The predicted octanol–water partition coefficient (Wildman–Crippen LogP) is 4.35. The Hall–Kier alpha value is -0.630. The summed E-state index contributed by atoms with van der Waals surface area (Å²) in [7, 11) is 0. The smallest absolute Gasteiger partial charge is 0.157 e. The van der Waals surface area contributed by atoms with Crippen LogP contribution in [0.3, 0.4) is 0 Å². The first-order chi connectivity index (χ1) is 8.15. The molecule has 1 saturated heterocycles. The van der Waals surface area contributed by atoms with Crippen LogP contribution in [-0.4, -0.2) is 6.61 Å². The fourth-order valence-corrected chi connectivity index (χ4v) is 2.82. The average Bonchev–Trinajstić information content (AvgIpc) is 2.36. The first-order valence-electron chi connectivity index (χ1n) is 5.34. The summed E-state index contributed by atoms with van der Waals surface area (Å²) in [4.78, 5) is 0. The van der Waals surface area contributed by atoms with Crippen LogP contribution in [0.2, 0.25) is 5.02 Å². The van der Waals surface area contributed by atoms with Crippen LogP contribution in [0, 0.1) is 17.1 Å². The highest BCUT2D eigenvalue weighted by Crippen LogP contribution is 2.37.